The van der Waals surface area contributed by atoms with Gasteiger partial charge in [-0.1, -0.05) is 48.0 Å². The lowest BCUT2D eigenvalue weighted by molar-refractivity contribution is -0.116. The molecule has 0 fully saturated rings. The van der Waals surface area contributed by atoms with Crippen LogP contribution < -0.4 is 5.32 Å². The average molecular weight is 431 g/mol. The molecule has 0 spiro atoms. The first-order valence-corrected chi connectivity index (χ1v) is 10.3. The molecule has 31 heavy (non-hydrogen) atoms. The largest absolute Gasteiger partial charge is 0.310 e. The van der Waals surface area contributed by atoms with Gasteiger partial charge in [0.15, 0.2) is 0 Å². The number of nitrogens with zero attached hydrogens (tertiary/aromatic N) is 5. The number of nitrogens with one attached hydrogen (secondary N) is 1. The fourth-order valence-corrected chi connectivity index (χ4v) is 4.20. The van der Waals surface area contributed by atoms with Crippen LogP contribution in [0, 0.1) is 13.8 Å². The third-order valence-corrected chi connectivity index (χ3v) is 5.80. The average Bonchev–Trinajstić information content (AvgIpc) is 3.10. The third-order valence-electron chi connectivity index (χ3n) is 5.54. The molecule has 5 rings (SSSR count). The maximum Gasteiger partial charge on any atom is 0.272 e. The summed E-state index contributed by atoms with van der Waals surface area (Å²) >= 11 is 5.99. The summed E-state index contributed by atoms with van der Waals surface area (Å²) in [6.45, 7) is 4.00. The summed E-state index contributed by atoms with van der Waals surface area (Å²) < 4.78 is 1.57. The molecule has 0 saturated carbocycles. The van der Waals surface area contributed by atoms with E-state index >= 15 is 0 Å². The number of benzene rings is 2. The molecule has 0 saturated heterocycles. The van der Waals surface area contributed by atoms with Gasteiger partial charge in [-0.25, -0.2) is 4.98 Å². The minimum Gasteiger partial charge on any atom is -0.310 e. The first kappa shape index (κ1) is 19.4. The predicted molar refractivity (Wildman–Crippen MR) is 118 cm³/mol. The van der Waals surface area contributed by atoms with E-state index in [0.717, 1.165) is 27.9 Å². The summed E-state index contributed by atoms with van der Waals surface area (Å²) in [5, 5.41) is 16.6. The van der Waals surface area contributed by atoms with Crippen LogP contribution in [0.1, 0.15) is 34.7 Å². The predicted octanol–water partition coefficient (Wildman–Crippen LogP) is 4.47. The van der Waals surface area contributed by atoms with E-state index in [-0.39, 0.29) is 11.8 Å². The second kappa shape index (κ2) is 7.59. The Hall–Kier alpha value is -3.58. The van der Waals surface area contributed by atoms with Crippen LogP contribution in [0.3, 0.4) is 0 Å². The molecule has 8 heteroatoms. The first-order chi connectivity index (χ1) is 15.0. The summed E-state index contributed by atoms with van der Waals surface area (Å²) in [6.07, 6.45) is 1.96. The van der Waals surface area contributed by atoms with E-state index in [9.17, 15) is 4.79 Å². The molecule has 1 aliphatic heterocycles. The highest BCUT2D eigenvalue weighted by atomic mass is 35.5. The number of aromatic nitrogens is 5. The van der Waals surface area contributed by atoms with Crippen LogP contribution in [0.15, 0.2) is 54.7 Å². The Bertz CT molecular complexity index is 1300. The zero-order chi connectivity index (χ0) is 21.5. The van der Waals surface area contributed by atoms with Crippen molar-refractivity contribution in [3.63, 3.8) is 0 Å². The topological polar surface area (TPSA) is 85.6 Å². The molecule has 1 aliphatic rings. The molecule has 1 N–H and O–H groups in total. The Kier molecular flexibility index (Phi) is 4.75. The van der Waals surface area contributed by atoms with Crippen LogP contribution in [0.5, 0.6) is 0 Å². The van der Waals surface area contributed by atoms with Crippen LogP contribution in [0.4, 0.5) is 5.82 Å². The lowest BCUT2D eigenvalue weighted by atomic mass is 9.84. The van der Waals surface area contributed by atoms with E-state index < -0.39 is 0 Å². The highest BCUT2D eigenvalue weighted by molar-refractivity contribution is 6.30. The zero-order valence-corrected chi connectivity index (χ0v) is 17.8. The minimum atomic E-state index is -0.0777. The molecule has 4 aromatic rings. The Morgan fingerprint density at radius 3 is 2.65 bits per heavy atom. The van der Waals surface area contributed by atoms with E-state index in [1.807, 2.05) is 31.2 Å². The van der Waals surface area contributed by atoms with Crippen molar-refractivity contribution in [3.8, 4) is 17.2 Å². The van der Waals surface area contributed by atoms with Crippen LogP contribution in [-0.4, -0.2) is 30.9 Å². The SMILES string of the molecule is Cc1ccccc1C1CC(=O)Nc2c1c(C)nn2-c1nncc(-c2ccc(Cl)cc2)n1. The monoisotopic (exact) mass is 430 g/mol. The van der Waals surface area contributed by atoms with Crippen molar-refractivity contribution in [1.82, 2.24) is 25.0 Å². The summed E-state index contributed by atoms with van der Waals surface area (Å²) in [6, 6.07) is 15.5. The van der Waals surface area contributed by atoms with Crippen molar-refractivity contribution in [2.75, 3.05) is 5.32 Å². The number of aryl methyl sites for hydroxylation is 2. The third kappa shape index (κ3) is 3.47. The minimum absolute atomic E-state index is 0.0660. The van der Waals surface area contributed by atoms with Gasteiger partial charge in [0.05, 0.1) is 17.6 Å². The maximum absolute atomic E-state index is 12.6. The van der Waals surface area contributed by atoms with Crippen LogP contribution in [-0.2, 0) is 4.79 Å². The smallest absolute Gasteiger partial charge is 0.272 e. The van der Waals surface area contributed by atoms with Crippen molar-refractivity contribution in [3.05, 3.63) is 82.1 Å². The van der Waals surface area contributed by atoms with Crippen molar-refractivity contribution >= 4 is 23.3 Å². The summed E-state index contributed by atoms with van der Waals surface area (Å²) in [5.74, 6) is 0.745. The molecule has 3 heterocycles. The molecule has 0 aliphatic carbocycles. The molecular formula is C23H19ClN6O. The maximum atomic E-state index is 12.6. The molecule has 1 atom stereocenters. The Morgan fingerprint density at radius 2 is 1.87 bits per heavy atom. The van der Waals surface area contributed by atoms with Gasteiger partial charge in [-0.2, -0.15) is 14.9 Å². The lowest BCUT2D eigenvalue weighted by Gasteiger charge is -2.25. The van der Waals surface area contributed by atoms with Crippen molar-refractivity contribution in [1.29, 1.82) is 0 Å². The van der Waals surface area contributed by atoms with E-state index in [0.29, 0.717) is 28.9 Å². The second-order valence-electron chi connectivity index (χ2n) is 7.57. The van der Waals surface area contributed by atoms with Gasteiger partial charge in [0.2, 0.25) is 5.91 Å². The van der Waals surface area contributed by atoms with Gasteiger partial charge in [-0.15, -0.1) is 5.10 Å². The van der Waals surface area contributed by atoms with E-state index in [1.54, 1.807) is 23.0 Å². The number of rotatable bonds is 3. The fourth-order valence-electron chi connectivity index (χ4n) is 4.08. The summed E-state index contributed by atoms with van der Waals surface area (Å²) in [5.41, 5.74) is 5.57. The number of halogens is 1. The molecular weight excluding hydrogens is 412 g/mol. The van der Waals surface area contributed by atoms with Crippen LogP contribution in [0.2, 0.25) is 5.02 Å². The van der Waals surface area contributed by atoms with Gasteiger partial charge in [0.1, 0.15) is 5.82 Å². The van der Waals surface area contributed by atoms with E-state index in [4.69, 9.17) is 11.6 Å². The van der Waals surface area contributed by atoms with Gasteiger partial charge in [-0.3, -0.25) is 4.79 Å². The zero-order valence-electron chi connectivity index (χ0n) is 17.0. The molecule has 7 nitrogen and oxygen atoms in total. The molecule has 1 unspecified atom stereocenters. The standard InChI is InChI=1S/C23H19ClN6O/c1-13-5-3-4-6-17(13)18-11-20(31)27-22-21(18)14(2)29-30(22)23-26-19(12-25-28-23)15-7-9-16(24)10-8-15/h3-10,12,18H,11H2,1-2H3,(H,27,31). The molecule has 2 aromatic heterocycles. The van der Waals surface area contributed by atoms with Crippen molar-refractivity contribution < 1.29 is 4.79 Å². The molecule has 1 amide bonds. The van der Waals surface area contributed by atoms with Crippen LogP contribution in [0.25, 0.3) is 17.2 Å². The number of anilines is 1. The lowest BCUT2D eigenvalue weighted by Crippen LogP contribution is -2.25. The van der Waals surface area contributed by atoms with E-state index in [1.165, 1.54) is 0 Å². The van der Waals surface area contributed by atoms with Crippen LogP contribution >= 0.6 is 11.6 Å². The normalized spacial score (nSPS) is 15.5. The first-order valence-electron chi connectivity index (χ1n) is 9.92. The number of carbonyl (C=O) groups is 1. The number of hydrogen-bond donors (Lipinski definition) is 1. The number of carbonyl (C=O) groups excluding carboxylic acids is 1. The fraction of sp³-hybridized carbons (Fsp3) is 0.174. The Labute approximate surface area is 184 Å². The van der Waals surface area contributed by atoms with Gasteiger partial charge < -0.3 is 5.32 Å². The van der Waals surface area contributed by atoms with Gasteiger partial charge in [0.25, 0.3) is 5.95 Å². The summed E-state index contributed by atoms with van der Waals surface area (Å²) in [7, 11) is 0. The van der Waals surface area contributed by atoms with Gasteiger partial charge in [0, 0.05) is 28.5 Å². The molecule has 0 radical (unpaired) electrons. The van der Waals surface area contributed by atoms with Crippen molar-refractivity contribution in [2.24, 2.45) is 0 Å². The van der Waals surface area contributed by atoms with E-state index in [2.05, 4.69) is 44.7 Å². The highest BCUT2D eigenvalue weighted by Gasteiger charge is 2.33. The second-order valence-corrected chi connectivity index (χ2v) is 8.01. The van der Waals surface area contributed by atoms with Gasteiger partial charge in [-0.05, 0) is 37.1 Å². The Balaban J connectivity index is 1.63. The molecule has 2 aromatic carbocycles. The van der Waals surface area contributed by atoms with Crippen molar-refractivity contribution in [2.45, 2.75) is 26.2 Å². The molecule has 0 bridgehead atoms. The Morgan fingerprint density at radius 1 is 1.10 bits per heavy atom. The summed E-state index contributed by atoms with van der Waals surface area (Å²) in [4.78, 5) is 17.2. The number of fused-ring (bicyclic) bond motifs is 1. The molecule has 154 valence electrons. The highest BCUT2D eigenvalue weighted by Crippen LogP contribution is 2.40. The quantitative estimate of drug-likeness (QED) is 0.518. The number of hydrogen-bond acceptors (Lipinski definition) is 5. The van der Waals surface area contributed by atoms with Gasteiger partial charge >= 0.3 is 0 Å². The number of amides is 1.